The van der Waals surface area contributed by atoms with Crippen molar-refractivity contribution in [1.29, 1.82) is 0 Å². The molecule has 3 fully saturated rings. The summed E-state index contributed by atoms with van der Waals surface area (Å²) in [4.78, 5) is 63.6. The number of nitrogens with zero attached hydrogens (tertiary/aromatic N) is 6. The highest BCUT2D eigenvalue weighted by Gasteiger charge is 2.41. The number of amides is 4. The molecule has 0 aromatic heterocycles. The van der Waals surface area contributed by atoms with Crippen LogP contribution in [-0.2, 0) is 20.9 Å². The van der Waals surface area contributed by atoms with Gasteiger partial charge in [0.1, 0.15) is 35.9 Å². The Balaban J connectivity index is 0.903. The predicted molar refractivity (Wildman–Crippen MR) is 221 cm³/mol. The molecule has 316 valence electrons. The van der Waals surface area contributed by atoms with E-state index in [1.165, 1.54) is 29.2 Å². The van der Waals surface area contributed by atoms with Crippen molar-refractivity contribution < 1.29 is 37.1 Å². The van der Waals surface area contributed by atoms with Gasteiger partial charge in [-0.3, -0.25) is 24.5 Å². The van der Waals surface area contributed by atoms with E-state index in [0.717, 1.165) is 37.1 Å². The standard InChI is InChI=1S/C43H44Cl2F3N7O5/c1-24(44)42(58)54-16-14-53(15-17-54)40-29-21-31(45)36(38(48)39(29)51(2)23-49-40)37-32(47)5-3-6-34(37)60-18-4-11-52-12-9-25(10-13-52)27-19-26(46)20-28-30(27)22-55(43(28)59)33-7-8-35(56)50-41(33)57/h3,5-6,19-21,25,33H,1,4,7-18,22-23H2,2H3,(H,50,56,57). The summed E-state index contributed by atoms with van der Waals surface area (Å²) in [5.41, 5.74) is 2.29. The number of carbonyl (C=O) groups excluding carboxylic acids is 4. The Labute approximate surface area is 355 Å². The maximum absolute atomic E-state index is 16.8. The topological polar surface area (TPSA) is 118 Å². The molecule has 60 heavy (non-hydrogen) atoms. The van der Waals surface area contributed by atoms with E-state index in [2.05, 4.69) is 16.8 Å². The summed E-state index contributed by atoms with van der Waals surface area (Å²) < 4.78 is 53.5. The van der Waals surface area contributed by atoms with Crippen LogP contribution < -0.4 is 15.0 Å². The Hall–Kier alpha value is -5.12. The van der Waals surface area contributed by atoms with Crippen LogP contribution in [0.3, 0.4) is 0 Å². The van der Waals surface area contributed by atoms with E-state index >= 15 is 8.78 Å². The average Bonchev–Trinajstić information content (AvgIpc) is 3.55. The van der Waals surface area contributed by atoms with Crippen LogP contribution in [0.5, 0.6) is 5.75 Å². The molecule has 12 nitrogen and oxygen atoms in total. The molecule has 0 saturated carbocycles. The normalized spacial score (nSPS) is 19.9. The van der Waals surface area contributed by atoms with Crippen molar-refractivity contribution in [3.05, 3.63) is 92.7 Å². The molecule has 3 aromatic carbocycles. The van der Waals surface area contributed by atoms with Crippen LogP contribution in [0.2, 0.25) is 5.02 Å². The van der Waals surface area contributed by atoms with Crippen molar-refractivity contribution in [2.24, 2.45) is 4.99 Å². The largest absolute Gasteiger partial charge is 0.493 e. The minimum absolute atomic E-state index is 0.00342. The lowest BCUT2D eigenvalue weighted by atomic mass is 9.85. The molecule has 1 N–H and O–H groups in total. The minimum Gasteiger partial charge on any atom is -0.493 e. The number of imide groups is 1. The average molecular weight is 867 g/mol. The first-order valence-electron chi connectivity index (χ1n) is 20.1. The van der Waals surface area contributed by atoms with Gasteiger partial charge in [0.05, 0.1) is 27.9 Å². The molecule has 5 aliphatic rings. The van der Waals surface area contributed by atoms with Crippen LogP contribution in [0.4, 0.5) is 18.9 Å². The summed E-state index contributed by atoms with van der Waals surface area (Å²) in [5, 5.41) is 2.24. The molecule has 5 heterocycles. The van der Waals surface area contributed by atoms with Crippen molar-refractivity contribution in [1.82, 2.24) is 24.9 Å². The first-order valence-corrected chi connectivity index (χ1v) is 20.8. The quantitative estimate of drug-likeness (QED) is 0.161. The number of halogens is 5. The fourth-order valence-corrected chi connectivity index (χ4v) is 9.50. The number of nitrogens with one attached hydrogen (secondary N) is 1. The Morgan fingerprint density at radius 1 is 0.983 bits per heavy atom. The van der Waals surface area contributed by atoms with Gasteiger partial charge in [-0.25, -0.2) is 18.2 Å². The summed E-state index contributed by atoms with van der Waals surface area (Å²) in [7, 11) is 1.70. The van der Waals surface area contributed by atoms with Crippen LogP contribution >= 0.6 is 23.2 Å². The number of fused-ring (bicyclic) bond motifs is 2. The molecule has 0 aliphatic carbocycles. The number of rotatable bonds is 9. The van der Waals surface area contributed by atoms with Gasteiger partial charge in [0.25, 0.3) is 11.8 Å². The van der Waals surface area contributed by atoms with Crippen LogP contribution in [0, 0.1) is 17.5 Å². The number of benzene rings is 3. The molecule has 0 bridgehead atoms. The van der Waals surface area contributed by atoms with Gasteiger partial charge in [-0.1, -0.05) is 35.8 Å². The number of piperazine rings is 1. The van der Waals surface area contributed by atoms with E-state index in [4.69, 9.17) is 32.9 Å². The third-order valence-corrected chi connectivity index (χ3v) is 12.6. The first-order chi connectivity index (χ1) is 28.8. The molecule has 1 unspecified atom stereocenters. The number of likely N-dealkylation sites (tertiary alicyclic amines) is 1. The monoisotopic (exact) mass is 865 g/mol. The Bertz CT molecular complexity index is 2310. The van der Waals surface area contributed by atoms with Crippen LogP contribution in [0.25, 0.3) is 11.1 Å². The lowest BCUT2D eigenvalue weighted by Gasteiger charge is -2.39. The SMILES string of the molecule is C=C(Cl)C(=O)N1CCN(C2=NCN(C)c3c2cc(Cl)c(-c2c(F)cccc2OCCCN2CCC(c4cc(F)cc5c4CN(C4CCC(=O)NC4=O)C5=O)CC2)c3F)CC1. The molecule has 0 radical (unpaired) electrons. The van der Waals surface area contributed by atoms with Gasteiger partial charge >= 0.3 is 0 Å². The third-order valence-electron chi connectivity index (χ3n) is 12.1. The Morgan fingerprint density at radius 2 is 1.73 bits per heavy atom. The van der Waals surface area contributed by atoms with Gasteiger partial charge in [-0.05, 0) is 86.1 Å². The number of carbonyl (C=O) groups is 4. The summed E-state index contributed by atoms with van der Waals surface area (Å²) >= 11 is 12.6. The van der Waals surface area contributed by atoms with Gasteiger partial charge < -0.3 is 29.2 Å². The molecule has 4 amide bonds. The molecule has 5 aliphatic heterocycles. The smallest absolute Gasteiger partial charge is 0.264 e. The fourth-order valence-electron chi connectivity index (χ4n) is 9.10. The van der Waals surface area contributed by atoms with E-state index in [1.54, 1.807) is 29.0 Å². The predicted octanol–water partition coefficient (Wildman–Crippen LogP) is 5.88. The number of anilines is 1. The maximum atomic E-state index is 16.8. The number of amidine groups is 1. The Morgan fingerprint density at radius 3 is 2.45 bits per heavy atom. The Kier molecular flexibility index (Phi) is 11.9. The van der Waals surface area contributed by atoms with Crippen molar-refractivity contribution in [3.8, 4) is 16.9 Å². The number of aliphatic imine (C=N–C) groups is 1. The highest BCUT2D eigenvalue weighted by molar-refractivity contribution is 6.41. The third kappa shape index (κ3) is 7.94. The highest BCUT2D eigenvalue weighted by Crippen LogP contribution is 2.45. The zero-order chi connectivity index (χ0) is 42.4. The molecule has 8 rings (SSSR count). The highest BCUT2D eigenvalue weighted by atomic mass is 35.5. The molecule has 3 saturated heterocycles. The van der Waals surface area contributed by atoms with E-state index in [-0.39, 0.29) is 88.6 Å². The van der Waals surface area contributed by atoms with Crippen molar-refractivity contribution in [3.63, 3.8) is 0 Å². The molecule has 3 aromatic rings. The second-order valence-corrected chi connectivity index (χ2v) is 16.7. The van der Waals surface area contributed by atoms with Crippen LogP contribution in [0.1, 0.15) is 65.1 Å². The van der Waals surface area contributed by atoms with E-state index in [1.807, 2.05) is 4.90 Å². The molecular weight excluding hydrogens is 822 g/mol. The minimum atomic E-state index is -0.776. The zero-order valence-electron chi connectivity index (χ0n) is 33.0. The lowest BCUT2D eigenvalue weighted by Crippen LogP contribution is -2.52. The van der Waals surface area contributed by atoms with E-state index in [0.29, 0.717) is 50.5 Å². The molecular formula is C43H44Cl2F3N7O5. The zero-order valence-corrected chi connectivity index (χ0v) is 34.6. The summed E-state index contributed by atoms with van der Waals surface area (Å²) in [6, 6.07) is 7.90. The number of hydrogen-bond acceptors (Lipinski definition) is 9. The van der Waals surface area contributed by atoms with Gasteiger partial charge in [-0.2, -0.15) is 0 Å². The van der Waals surface area contributed by atoms with Crippen molar-refractivity contribution in [2.45, 2.75) is 50.6 Å². The summed E-state index contributed by atoms with van der Waals surface area (Å²) in [5.74, 6) is -2.79. The number of hydrogen-bond donors (Lipinski definition) is 1. The van der Waals surface area contributed by atoms with Gasteiger partial charge in [0.2, 0.25) is 11.8 Å². The fraction of sp³-hybridized carbons (Fsp3) is 0.419. The van der Waals surface area contributed by atoms with E-state index < -0.39 is 35.3 Å². The summed E-state index contributed by atoms with van der Waals surface area (Å²) in [6.45, 7) is 7.84. The van der Waals surface area contributed by atoms with Crippen molar-refractivity contribution >= 4 is 58.4 Å². The second kappa shape index (κ2) is 17.1. The second-order valence-electron chi connectivity index (χ2n) is 15.8. The molecule has 1 atom stereocenters. The van der Waals surface area contributed by atoms with Gasteiger partial charge in [0, 0.05) is 69.4 Å². The van der Waals surface area contributed by atoms with Crippen LogP contribution in [0.15, 0.2) is 53.0 Å². The van der Waals surface area contributed by atoms with Crippen molar-refractivity contribution in [2.75, 3.05) is 71.0 Å². The first kappa shape index (κ1) is 41.6. The van der Waals surface area contributed by atoms with Gasteiger partial charge in [0.15, 0.2) is 5.82 Å². The number of piperidine rings is 2. The van der Waals surface area contributed by atoms with E-state index in [9.17, 15) is 23.6 Å². The van der Waals surface area contributed by atoms with Gasteiger partial charge in [-0.15, -0.1) is 0 Å². The number of ether oxygens (including phenoxy) is 1. The van der Waals surface area contributed by atoms with Crippen LogP contribution in [-0.4, -0.2) is 121 Å². The molecule has 0 spiro atoms. The maximum Gasteiger partial charge on any atom is 0.264 e. The summed E-state index contributed by atoms with van der Waals surface area (Å²) in [6.07, 6.45) is 2.42. The lowest BCUT2D eigenvalue weighted by molar-refractivity contribution is -0.137. The molecule has 17 heteroatoms.